The molecule has 2 amide bonds. The van der Waals surface area contributed by atoms with E-state index in [1.54, 1.807) is 91.7 Å². The molecular weight excluding hydrogens is 878 g/mol. The van der Waals surface area contributed by atoms with Crippen LogP contribution in [0.4, 0.5) is 8.78 Å². The maximum atomic E-state index is 13.5. The third-order valence-electron chi connectivity index (χ3n) is 10.2. The van der Waals surface area contributed by atoms with E-state index >= 15 is 0 Å². The van der Waals surface area contributed by atoms with Gasteiger partial charge in [0.15, 0.2) is 5.15 Å². The first kappa shape index (κ1) is 45.3. The fraction of sp³-hybridized carbons (Fsp3) is 0.167. The van der Waals surface area contributed by atoms with Crippen molar-refractivity contribution < 1.29 is 18.4 Å². The number of benzene rings is 4. The van der Waals surface area contributed by atoms with Gasteiger partial charge < -0.3 is 15.6 Å². The van der Waals surface area contributed by atoms with Crippen molar-refractivity contribution in [2.75, 3.05) is 19.6 Å². The first-order valence-electron chi connectivity index (χ1n) is 21.2. The summed E-state index contributed by atoms with van der Waals surface area (Å²) in [5, 5.41) is 21.5. The highest BCUT2D eigenvalue weighted by atomic mass is 35.5. The van der Waals surface area contributed by atoms with E-state index in [0.717, 1.165) is 50.2 Å². The molecule has 67 heavy (non-hydrogen) atoms. The molecule has 0 radical (unpaired) electrons. The molecule has 0 bridgehead atoms. The molecule has 3 N–H and O–H groups in total. The summed E-state index contributed by atoms with van der Waals surface area (Å²) < 4.78 is 26.7. The lowest BCUT2D eigenvalue weighted by atomic mass is 10.1. The highest BCUT2D eigenvalue weighted by molar-refractivity contribution is 6.32. The molecule has 2 aliphatic heterocycles. The summed E-state index contributed by atoms with van der Waals surface area (Å²) in [6.07, 6.45) is 18.1. The minimum Gasteiger partial charge on any atom is -0.352 e. The van der Waals surface area contributed by atoms with E-state index in [2.05, 4.69) is 61.0 Å². The molecule has 19 heteroatoms. The number of azo groups is 1. The number of allylic oxidation sites excluding steroid dienone is 1. The van der Waals surface area contributed by atoms with Crippen molar-refractivity contribution in [1.29, 1.82) is 0 Å². The lowest BCUT2D eigenvalue weighted by Crippen LogP contribution is -2.24. The topological polar surface area (TPSA) is 206 Å². The Morgan fingerprint density at radius 1 is 0.672 bits per heavy atom. The lowest BCUT2D eigenvalue weighted by Gasteiger charge is -2.10. The van der Waals surface area contributed by atoms with E-state index in [1.165, 1.54) is 29.1 Å². The van der Waals surface area contributed by atoms with E-state index in [1.807, 2.05) is 18.4 Å². The first-order valence-corrected chi connectivity index (χ1v) is 21.6. The number of hydrogen-bond acceptors (Lipinski definition) is 12. The van der Waals surface area contributed by atoms with Crippen molar-refractivity contribution in [3.63, 3.8) is 0 Å². The molecule has 0 atom stereocenters. The predicted octanol–water partition coefficient (Wildman–Crippen LogP) is 9.03. The number of nitrogens with zero attached hydrogens (tertiary/aromatic N) is 11. The largest absolute Gasteiger partial charge is 0.352 e. The molecule has 16 nitrogen and oxygen atoms in total. The Bertz CT molecular complexity index is 3090. The molecule has 0 saturated carbocycles. The number of aryl methyl sites for hydroxylation is 1. The minimum atomic E-state index is -0.346. The number of nitrogens with one attached hydrogen (secondary N) is 3. The van der Waals surface area contributed by atoms with Crippen LogP contribution in [0.25, 0.3) is 50.4 Å². The third-order valence-corrected chi connectivity index (χ3v) is 10.4. The zero-order valence-corrected chi connectivity index (χ0v) is 36.5. The van der Waals surface area contributed by atoms with Crippen molar-refractivity contribution in [3.05, 3.63) is 168 Å². The molecule has 4 aromatic carbocycles. The fourth-order valence-corrected chi connectivity index (χ4v) is 7.05. The summed E-state index contributed by atoms with van der Waals surface area (Å²) in [5.41, 5.74) is 6.62. The lowest BCUT2D eigenvalue weighted by molar-refractivity contribution is 0.0945. The summed E-state index contributed by atoms with van der Waals surface area (Å²) >= 11 is 6.25. The average Bonchev–Trinajstić information content (AvgIpc) is 4.22. The zero-order valence-electron chi connectivity index (χ0n) is 35.7. The molecule has 10 rings (SSSR count). The maximum Gasteiger partial charge on any atom is 0.251 e. The number of aromatic amines is 1. The van der Waals surface area contributed by atoms with Gasteiger partial charge in [0.2, 0.25) is 5.82 Å². The molecule has 8 aromatic rings. The van der Waals surface area contributed by atoms with Crippen molar-refractivity contribution in [3.8, 4) is 28.3 Å². The number of H-pyrrole nitrogens is 1. The zero-order chi connectivity index (χ0) is 46.4. The van der Waals surface area contributed by atoms with Gasteiger partial charge >= 0.3 is 0 Å². The van der Waals surface area contributed by atoms with E-state index < -0.39 is 0 Å². The van der Waals surface area contributed by atoms with Gasteiger partial charge in [-0.15, -0.1) is 4.80 Å². The number of halogens is 3. The smallest absolute Gasteiger partial charge is 0.251 e. The second-order valence-electron chi connectivity index (χ2n) is 14.9. The van der Waals surface area contributed by atoms with Crippen LogP contribution in [0.5, 0.6) is 0 Å². The van der Waals surface area contributed by atoms with Gasteiger partial charge in [-0.1, -0.05) is 17.7 Å². The van der Waals surface area contributed by atoms with Gasteiger partial charge in [0.1, 0.15) is 28.8 Å². The Kier molecular flexibility index (Phi) is 14.9. The summed E-state index contributed by atoms with van der Waals surface area (Å²) in [5.74, 6) is 0.259. The highest BCUT2D eigenvalue weighted by Gasteiger charge is 2.17. The Balaban J connectivity index is 0.000000165. The molecule has 0 saturated heterocycles. The van der Waals surface area contributed by atoms with Crippen LogP contribution in [0.15, 0.2) is 149 Å². The SMILES string of the molecule is C1=CN=NC1.O=C(NCCCC1=NC=CC1)c1ccc2nc(-n3nccn3)c(-c3ccc(F)cc3)nc2c1.O=C(NCCCc1ncc[nH]1)c1ccc2nc(Cl)c(-c3ccc(F)cc3)nc2c1. The van der Waals surface area contributed by atoms with Gasteiger partial charge in [-0.05, 0) is 110 Å². The van der Waals surface area contributed by atoms with E-state index in [4.69, 9.17) is 16.6 Å². The minimum absolute atomic E-state index is 0.175. The third kappa shape index (κ3) is 12.1. The number of aliphatic imine (C=N–C) groups is 1. The van der Waals surface area contributed by atoms with Gasteiger partial charge in [0, 0.05) is 78.7 Å². The molecule has 6 heterocycles. The highest BCUT2D eigenvalue weighted by Crippen LogP contribution is 2.28. The number of imidazole rings is 1. The quantitative estimate of drug-likeness (QED) is 0.0942. The van der Waals surface area contributed by atoms with Crippen LogP contribution >= 0.6 is 11.6 Å². The van der Waals surface area contributed by atoms with Gasteiger partial charge in [-0.25, -0.2) is 33.7 Å². The summed E-state index contributed by atoms with van der Waals surface area (Å²) in [7, 11) is 0. The van der Waals surface area contributed by atoms with E-state index in [-0.39, 0.29) is 28.6 Å². The number of fused-ring (bicyclic) bond motifs is 2. The number of aromatic nitrogens is 9. The van der Waals surface area contributed by atoms with Crippen LogP contribution in [0.3, 0.4) is 0 Å². The van der Waals surface area contributed by atoms with Crippen LogP contribution in [0, 0.1) is 11.6 Å². The predicted molar refractivity (Wildman–Crippen MR) is 251 cm³/mol. The van der Waals surface area contributed by atoms with Crippen LogP contribution in [0.2, 0.25) is 5.15 Å². The molecule has 4 aromatic heterocycles. The van der Waals surface area contributed by atoms with Gasteiger partial charge in [-0.3, -0.25) is 14.6 Å². The molecule has 0 spiro atoms. The van der Waals surface area contributed by atoms with Crippen LogP contribution in [0.1, 0.15) is 52.2 Å². The Hall–Kier alpha value is -8.25. The van der Waals surface area contributed by atoms with Gasteiger partial charge in [-0.2, -0.15) is 20.4 Å². The average molecular weight is 919 g/mol. The van der Waals surface area contributed by atoms with E-state index in [9.17, 15) is 18.4 Å². The molecule has 336 valence electrons. The van der Waals surface area contributed by atoms with Gasteiger partial charge in [0.05, 0.1) is 41.0 Å². The van der Waals surface area contributed by atoms with Crippen molar-refractivity contribution in [2.45, 2.75) is 32.1 Å². The number of carbonyl (C=O) groups is 2. The Labute approximate surface area is 387 Å². The maximum absolute atomic E-state index is 13.5. The number of hydrogen-bond donors (Lipinski definition) is 3. The van der Waals surface area contributed by atoms with Crippen LogP contribution in [-0.2, 0) is 6.42 Å². The number of carbonyl (C=O) groups excluding carboxylic acids is 2. The molecule has 2 aliphatic rings. The standard InChI is InChI=1S/C24H20FN7O.C21H17ClFN5O.C3H4N2/c25-18-8-5-16(6-9-18)22-23(32-28-13-14-29-32)31-20-10-7-17(15-21(20)30-22)24(33)27-12-2-4-19-3-1-11-26-19;22-20-19(13-3-6-15(23)7-4-13)27-17-12-14(5-8-16(17)28-20)21(29)26-9-1-2-18-24-10-11-25-18;1-2-4-5-3-1/h1,5-11,13-15H,2-4,12H2,(H,27,33);3-8,10-12H,1-2,9H2,(H,24,25)(H,26,29);1-2H,3H2. The van der Waals surface area contributed by atoms with Crippen molar-refractivity contribution >= 4 is 51.2 Å². The van der Waals surface area contributed by atoms with Gasteiger partial charge in [0.25, 0.3) is 11.8 Å². The van der Waals surface area contributed by atoms with Crippen LogP contribution in [-0.4, -0.2) is 82.1 Å². The first-order chi connectivity index (χ1) is 32.8. The molecular formula is C48H41ClF2N14O2. The summed E-state index contributed by atoms with van der Waals surface area (Å²) in [6, 6.07) is 22.1. The van der Waals surface area contributed by atoms with Crippen LogP contribution < -0.4 is 10.6 Å². The second-order valence-corrected chi connectivity index (χ2v) is 15.2. The normalized spacial score (nSPS) is 12.4. The summed E-state index contributed by atoms with van der Waals surface area (Å²) in [6.45, 7) is 1.87. The molecule has 0 fully saturated rings. The molecule has 0 unspecified atom stereocenters. The van der Waals surface area contributed by atoms with E-state index in [0.29, 0.717) is 74.6 Å². The van der Waals surface area contributed by atoms with Crippen molar-refractivity contribution in [1.82, 2.24) is 55.5 Å². The Morgan fingerprint density at radius 3 is 1.84 bits per heavy atom. The summed E-state index contributed by atoms with van der Waals surface area (Å²) in [4.78, 5) is 56.3. The molecule has 0 aliphatic carbocycles. The number of amides is 2. The monoisotopic (exact) mass is 918 g/mol. The fourth-order valence-electron chi connectivity index (χ4n) is 6.81. The van der Waals surface area contributed by atoms with Crippen molar-refractivity contribution in [2.24, 2.45) is 15.2 Å². The Morgan fingerprint density at radius 2 is 1.28 bits per heavy atom. The number of rotatable bonds is 13. The second kappa shape index (κ2) is 22.1.